The largest absolute Gasteiger partial charge is 0.321 e. The molecule has 3 N–H and O–H groups in total. The average molecular weight is 427 g/mol. The van der Waals surface area contributed by atoms with Gasteiger partial charge in [0.2, 0.25) is 7.29 Å². The monoisotopic (exact) mass is 427 g/mol. The third-order valence-corrected chi connectivity index (χ3v) is 8.08. The van der Waals surface area contributed by atoms with Crippen molar-refractivity contribution >= 4 is 17.9 Å². The van der Waals surface area contributed by atoms with Gasteiger partial charge in [-0.2, -0.15) is 0 Å². The van der Waals surface area contributed by atoms with E-state index in [-0.39, 0.29) is 0 Å². The van der Waals surface area contributed by atoms with Crippen molar-refractivity contribution in [1.29, 1.82) is 0 Å². The number of nitrogens with two attached hydrogens (primary N) is 1. The third kappa shape index (κ3) is 4.67. The standard InChI is InChI=1S/C26H26N3OP/c1-20-15-17-21(18-16-20)26(25(27)24-14-8-9-19-28-24)29-31(30,22-10-4-2-5-11-22)23-12-6-3-7-13-23/h2-19,25-26H,27H2,1H3,(H,29,30)/t25-,26+/m0/s1. The summed E-state index contributed by atoms with van der Waals surface area (Å²) in [5, 5.41) is 4.97. The fourth-order valence-corrected chi connectivity index (χ4v) is 6.13. The van der Waals surface area contributed by atoms with E-state index in [1.165, 1.54) is 0 Å². The molecule has 0 unspecified atom stereocenters. The van der Waals surface area contributed by atoms with Crippen molar-refractivity contribution in [1.82, 2.24) is 10.1 Å². The van der Waals surface area contributed by atoms with Gasteiger partial charge in [-0.25, -0.2) is 0 Å². The summed E-state index contributed by atoms with van der Waals surface area (Å²) >= 11 is 0. The summed E-state index contributed by atoms with van der Waals surface area (Å²) in [6, 6.07) is 32.1. The van der Waals surface area contributed by atoms with Crippen LogP contribution in [0.5, 0.6) is 0 Å². The highest BCUT2D eigenvalue weighted by molar-refractivity contribution is 7.76. The zero-order chi connectivity index (χ0) is 21.7. The van der Waals surface area contributed by atoms with Gasteiger partial charge in [-0.05, 0) is 48.9 Å². The van der Waals surface area contributed by atoms with Gasteiger partial charge in [0.25, 0.3) is 0 Å². The van der Waals surface area contributed by atoms with E-state index in [2.05, 4.69) is 10.1 Å². The van der Waals surface area contributed by atoms with Crippen LogP contribution in [-0.2, 0) is 4.57 Å². The maximum absolute atomic E-state index is 14.6. The molecule has 0 radical (unpaired) electrons. The number of nitrogens with zero attached hydrogens (tertiary/aromatic N) is 1. The lowest BCUT2D eigenvalue weighted by Gasteiger charge is -2.31. The molecule has 0 amide bonds. The van der Waals surface area contributed by atoms with E-state index >= 15 is 0 Å². The van der Waals surface area contributed by atoms with Crippen LogP contribution in [-0.4, -0.2) is 4.98 Å². The van der Waals surface area contributed by atoms with Gasteiger partial charge in [0.1, 0.15) is 0 Å². The number of hydrogen-bond acceptors (Lipinski definition) is 3. The summed E-state index contributed by atoms with van der Waals surface area (Å²) in [6.07, 6.45) is 1.73. The molecule has 0 bridgehead atoms. The molecule has 4 rings (SSSR count). The number of hydrogen-bond donors (Lipinski definition) is 2. The number of benzene rings is 3. The quantitative estimate of drug-likeness (QED) is 0.421. The molecule has 1 aromatic heterocycles. The Morgan fingerprint density at radius 3 is 1.84 bits per heavy atom. The summed E-state index contributed by atoms with van der Waals surface area (Å²) in [4.78, 5) is 4.46. The second-order valence-electron chi connectivity index (χ2n) is 7.58. The van der Waals surface area contributed by atoms with Crippen molar-refractivity contribution in [3.05, 3.63) is 126 Å². The molecule has 31 heavy (non-hydrogen) atoms. The lowest BCUT2D eigenvalue weighted by molar-refractivity contribution is 0.503. The summed E-state index contributed by atoms with van der Waals surface area (Å²) in [6.45, 7) is 2.05. The van der Waals surface area contributed by atoms with E-state index in [1.807, 2.05) is 110 Å². The van der Waals surface area contributed by atoms with Crippen LogP contribution in [0.1, 0.15) is 28.9 Å². The van der Waals surface area contributed by atoms with Crippen LogP contribution in [0.4, 0.5) is 0 Å². The highest BCUT2D eigenvalue weighted by Crippen LogP contribution is 2.44. The number of rotatable bonds is 7. The van der Waals surface area contributed by atoms with Crippen molar-refractivity contribution in [2.45, 2.75) is 19.0 Å². The van der Waals surface area contributed by atoms with Crippen molar-refractivity contribution < 1.29 is 4.57 Å². The Morgan fingerprint density at radius 1 is 0.774 bits per heavy atom. The Morgan fingerprint density at radius 2 is 1.32 bits per heavy atom. The Hall–Kier alpha value is -3.04. The van der Waals surface area contributed by atoms with Gasteiger partial charge in [0, 0.05) is 16.8 Å². The smallest absolute Gasteiger partial charge is 0.205 e. The molecular weight excluding hydrogens is 401 g/mol. The minimum atomic E-state index is -3.19. The first-order chi connectivity index (χ1) is 15.1. The molecule has 0 fully saturated rings. The van der Waals surface area contributed by atoms with E-state index in [4.69, 9.17) is 5.73 Å². The molecule has 0 aliphatic heterocycles. The molecule has 0 saturated heterocycles. The Kier molecular flexibility index (Phi) is 6.43. The summed E-state index contributed by atoms with van der Waals surface area (Å²) < 4.78 is 14.6. The van der Waals surface area contributed by atoms with E-state index < -0.39 is 19.4 Å². The van der Waals surface area contributed by atoms with Gasteiger partial charge in [0.05, 0.1) is 17.8 Å². The van der Waals surface area contributed by atoms with Gasteiger partial charge in [-0.1, -0.05) is 72.3 Å². The van der Waals surface area contributed by atoms with Crippen LogP contribution in [0, 0.1) is 6.92 Å². The molecule has 4 aromatic rings. The minimum Gasteiger partial charge on any atom is -0.321 e. The van der Waals surface area contributed by atoms with Crippen molar-refractivity contribution in [2.24, 2.45) is 5.73 Å². The van der Waals surface area contributed by atoms with Crippen LogP contribution in [0.3, 0.4) is 0 Å². The molecule has 0 saturated carbocycles. The van der Waals surface area contributed by atoms with E-state index in [0.29, 0.717) is 0 Å². The minimum absolute atomic E-state index is 0.401. The molecule has 3 aromatic carbocycles. The fourth-order valence-electron chi connectivity index (χ4n) is 3.65. The number of pyridine rings is 1. The topological polar surface area (TPSA) is 68.0 Å². The predicted molar refractivity (Wildman–Crippen MR) is 128 cm³/mol. The number of aryl methyl sites for hydroxylation is 1. The summed E-state index contributed by atoms with van der Waals surface area (Å²) in [5.74, 6) is 0. The molecule has 5 heteroatoms. The zero-order valence-electron chi connectivity index (χ0n) is 17.4. The second-order valence-corrected chi connectivity index (χ2v) is 10.1. The molecule has 4 nitrogen and oxygen atoms in total. The summed E-state index contributed by atoms with van der Waals surface area (Å²) in [7, 11) is -3.19. The highest BCUT2D eigenvalue weighted by atomic mass is 31.2. The fraction of sp³-hybridized carbons (Fsp3) is 0.115. The lowest BCUT2D eigenvalue weighted by Crippen LogP contribution is -2.36. The van der Waals surface area contributed by atoms with Gasteiger partial charge in [-0.15, -0.1) is 0 Å². The molecule has 2 atom stereocenters. The summed E-state index contributed by atoms with van der Waals surface area (Å²) in [5.41, 5.74) is 9.59. The van der Waals surface area contributed by atoms with Crippen LogP contribution in [0.2, 0.25) is 0 Å². The maximum Gasteiger partial charge on any atom is 0.205 e. The van der Waals surface area contributed by atoms with Crippen LogP contribution in [0.15, 0.2) is 109 Å². The second kappa shape index (κ2) is 9.40. The number of nitrogens with one attached hydrogen (secondary N) is 1. The van der Waals surface area contributed by atoms with Gasteiger partial charge >= 0.3 is 0 Å². The zero-order valence-corrected chi connectivity index (χ0v) is 18.3. The van der Waals surface area contributed by atoms with Crippen molar-refractivity contribution in [2.75, 3.05) is 0 Å². The maximum atomic E-state index is 14.6. The molecule has 156 valence electrons. The van der Waals surface area contributed by atoms with Crippen LogP contribution >= 0.6 is 7.29 Å². The molecule has 0 aliphatic carbocycles. The first-order valence-electron chi connectivity index (χ1n) is 10.3. The van der Waals surface area contributed by atoms with Gasteiger partial charge < -0.3 is 5.73 Å². The SMILES string of the molecule is Cc1ccc([C@@H](NP(=O)(c2ccccc2)c2ccccc2)[C@@H](N)c2ccccn2)cc1. The van der Waals surface area contributed by atoms with Crippen LogP contribution in [0.25, 0.3) is 0 Å². The first-order valence-corrected chi connectivity index (χ1v) is 12.0. The Bertz CT molecular complexity index is 1110. The van der Waals surface area contributed by atoms with E-state index in [9.17, 15) is 4.57 Å². The Balaban J connectivity index is 1.83. The van der Waals surface area contributed by atoms with Gasteiger partial charge in [0.15, 0.2) is 0 Å². The highest BCUT2D eigenvalue weighted by Gasteiger charge is 2.34. The predicted octanol–water partition coefficient (Wildman–Crippen LogP) is 4.65. The van der Waals surface area contributed by atoms with Gasteiger partial charge in [-0.3, -0.25) is 14.6 Å². The molecule has 1 heterocycles. The third-order valence-electron chi connectivity index (χ3n) is 5.39. The number of aromatic nitrogens is 1. The van der Waals surface area contributed by atoms with Crippen molar-refractivity contribution in [3.8, 4) is 0 Å². The molecule has 0 spiro atoms. The Labute approximate surface area is 183 Å². The van der Waals surface area contributed by atoms with Crippen LogP contribution < -0.4 is 21.4 Å². The van der Waals surface area contributed by atoms with E-state index in [0.717, 1.165) is 27.4 Å². The van der Waals surface area contributed by atoms with E-state index in [1.54, 1.807) is 6.20 Å². The first kappa shape index (κ1) is 21.2. The average Bonchev–Trinajstić information content (AvgIpc) is 2.84. The normalized spacial score (nSPS) is 13.5. The lowest BCUT2D eigenvalue weighted by atomic mass is 9.97. The molecule has 0 aliphatic rings. The molecular formula is C26H26N3OP. The van der Waals surface area contributed by atoms with Crippen molar-refractivity contribution in [3.63, 3.8) is 0 Å².